The normalized spacial score (nSPS) is 10.9. The van der Waals surface area contributed by atoms with Crippen molar-refractivity contribution in [3.8, 4) is 45.0 Å². The Hall–Kier alpha value is -6.65. The van der Waals surface area contributed by atoms with Gasteiger partial charge in [-0.15, -0.1) is 0 Å². The van der Waals surface area contributed by atoms with Crippen LogP contribution in [0.5, 0.6) is 0 Å². The quantitative estimate of drug-likeness (QED) is 0.165. The van der Waals surface area contributed by atoms with Gasteiger partial charge in [0.05, 0.1) is 17.1 Å². The first-order chi connectivity index (χ1) is 24.2. The first-order valence-corrected chi connectivity index (χ1v) is 16.3. The van der Waals surface area contributed by atoms with Crippen LogP contribution in [0.25, 0.3) is 55.8 Å². The molecular weight excluding hydrogens is 597 g/mol. The van der Waals surface area contributed by atoms with Gasteiger partial charge >= 0.3 is 0 Å². The summed E-state index contributed by atoms with van der Waals surface area (Å²) >= 11 is 0. The molecule has 0 radical (unpaired) electrons. The predicted molar refractivity (Wildman–Crippen MR) is 203 cm³/mol. The lowest BCUT2D eigenvalue weighted by Gasteiger charge is -2.16. The Labute approximate surface area is 285 Å². The van der Waals surface area contributed by atoms with Crippen molar-refractivity contribution in [3.05, 3.63) is 193 Å². The molecular formula is C45H32N4. The molecule has 0 saturated carbocycles. The van der Waals surface area contributed by atoms with E-state index in [4.69, 9.17) is 9.97 Å². The van der Waals surface area contributed by atoms with Crippen LogP contribution in [0.2, 0.25) is 0 Å². The van der Waals surface area contributed by atoms with E-state index in [1.54, 1.807) is 0 Å². The van der Waals surface area contributed by atoms with Crippen LogP contribution < -0.4 is 5.32 Å². The summed E-state index contributed by atoms with van der Waals surface area (Å²) in [6, 6.07) is 61.7. The second-order valence-electron chi connectivity index (χ2n) is 12.0. The number of anilines is 2. The topological polar surface area (TPSA) is 61.7 Å². The van der Waals surface area contributed by atoms with Crippen molar-refractivity contribution in [2.24, 2.45) is 0 Å². The number of hydrogen-bond donors (Lipinski definition) is 2. The number of hydrogen-bond acceptors (Lipinski definition) is 4. The number of benzene rings is 7. The Morgan fingerprint density at radius 1 is 0.429 bits per heavy atom. The van der Waals surface area contributed by atoms with Crippen molar-refractivity contribution in [2.75, 3.05) is 5.32 Å². The molecule has 1 aromatic heterocycles. The molecule has 0 bridgehead atoms. The molecule has 0 spiro atoms. The lowest BCUT2D eigenvalue weighted by atomic mass is 9.95. The zero-order valence-electron chi connectivity index (χ0n) is 26.7. The van der Waals surface area contributed by atoms with Gasteiger partial charge in [0.1, 0.15) is 0 Å². The fraction of sp³-hybridized carbons (Fsp3) is 0. The van der Waals surface area contributed by atoms with Crippen LogP contribution in [0.1, 0.15) is 11.1 Å². The molecule has 2 N–H and O–H groups in total. The number of para-hydroxylation sites is 1. The van der Waals surface area contributed by atoms with Gasteiger partial charge in [-0.1, -0.05) is 146 Å². The molecule has 232 valence electrons. The summed E-state index contributed by atoms with van der Waals surface area (Å²) in [5.41, 5.74) is 10.8. The monoisotopic (exact) mass is 628 g/mol. The van der Waals surface area contributed by atoms with E-state index in [-0.39, 0.29) is 0 Å². The number of aromatic nitrogens is 2. The first-order valence-electron chi connectivity index (χ1n) is 16.3. The van der Waals surface area contributed by atoms with Gasteiger partial charge in [0.25, 0.3) is 0 Å². The van der Waals surface area contributed by atoms with E-state index in [0.29, 0.717) is 11.5 Å². The Morgan fingerprint density at radius 3 is 1.65 bits per heavy atom. The van der Waals surface area contributed by atoms with Crippen LogP contribution in [-0.2, 0) is 0 Å². The summed E-state index contributed by atoms with van der Waals surface area (Å²) in [6.45, 7) is 0. The maximum atomic E-state index is 9.48. The Balaban J connectivity index is 1.20. The van der Waals surface area contributed by atoms with Gasteiger partial charge in [-0.2, -0.15) is 0 Å². The minimum absolute atomic E-state index is 0.431. The zero-order chi connectivity index (χ0) is 33.0. The fourth-order valence-electron chi connectivity index (χ4n) is 6.14. The molecule has 1 heterocycles. The van der Waals surface area contributed by atoms with Crippen LogP contribution in [-0.4, -0.2) is 15.7 Å². The maximum Gasteiger partial charge on any atom is 0.160 e. The van der Waals surface area contributed by atoms with E-state index in [9.17, 15) is 5.41 Å². The van der Waals surface area contributed by atoms with Gasteiger partial charge in [0.15, 0.2) is 5.82 Å². The second-order valence-corrected chi connectivity index (χ2v) is 12.0. The highest BCUT2D eigenvalue weighted by Gasteiger charge is 2.16. The average molecular weight is 629 g/mol. The zero-order valence-corrected chi connectivity index (χ0v) is 26.7. The minimum Gasteiger partial charge on any atom is -0.355 e. The molecule has 0 aliphatic rings. The van der Waals surface area contributed by atoms with E-state index in [2.05, 4.69) is 90.2 Å². The number of nitrogens with one attached hydrogen (secondary N) is 2. The smallest absolute Gasteiger partial charge is 0.160 e. The molecule has 4 heteroatoms. The molecule has 0 saturated heterocycles. The summed E-state index contributed by atoms with van der Waals surface area (Å²) < 4.78 is 0. The highest BCUT2D eigenvalue weighted by molar-refractivity contribution is 6.16. The van der Waals surface area contributed by atoms with Gasteiger partial charge in [0, 0.05) is 39.2 Å². The van der Waals surface area contributed by atoms with Crippen LogP contribution in [0.15, 0.2) is 182 Å². The summed E-state index contributed by atoms with van der Waals surface area (Å²) in [4.78, 5) is 10.1. The largest absolute Gasteiger partial charge is 0.355 e. The van der Waals surface area contributed by atoms with Crippen molar-refractivity contribution in [3.63, 3.8) is 0 Å². The van der Waals surface area contributed by atoms with Crippen LogP contribution in [0, 0.1) is 5.41 Å². The Bertz CT molecular complexity index is 2400. The summed E-state index contributed by atoms with van der Waals surface area (Å²) in [5.74, 6) is 0.657. The first kappa shape index (κ1) is 29.7. The Morgan fingerprint density at radius 2 is 0.959 bits per heavy atom. The van der Waals surface area contributed by atoms with E-state index in [0.717, 1.165) is 66.9 Å². The molecule has 0 unspecified atom stereocenters. The molecule has 7 aromatic carbocycles. The van der Waals surface area contributed by atoms with Crippen LogP contribution >= 0.6 is 0 Å². The molecule has 4 nitrogen and oxygen atoms in total. The fourth-order valence-corrected chi connectivity index (χ4v) is 6.14. The number of nitrogens with zero attached hydrogens (tertiary/aromatic N) is 2. The Kier molecular flexibility index (Phi) is 8.02. The van der Waals surface area contributed by atoms with Crippen molar-refractivity contribution < 1.29 is 0 Å². The van der Waals surface area contributed by atoms with Gasteiger partial charge in [0.2, 0.25) is 0 Å². The third kappa shape index (κ3) is 6.36. The van der Waals surface area contributed by atoms with Crippen molar-refractivity contribution in [2.45, 2.75) is 0 Å². The van der Waals surface area contributed by atoms with Crippen molar-refractivity contribution in [1.29, 1.82) is 5.41 Å². The van der Waals surface area contributed by atoms with E-state index >= 15 is 0 Å². The molecule has 0 aliphatic heterocycles. The SMILES string of the molecule is N=C(c1cccc(-c2cc(-c3ccc(-c4ccccc4)cc3)nc(-c3ccccc3)n2)c1)c1cc2ccccc2cc1Nc1ccccc1. The summed E-state index contributed by atoms with van der Waals surface area (Å²) in [7, 11) is 0. The van der Waals surface area contributed by atoms with Gasteiger partial charge in [-0.05, 0) is 58.3 Å². The number of rotatable bonds is 8. The summed E-state index contributed by atoms with van der Waals surface area (Å²) in [6.07, 6.45) is 0. The third-order valence-corrected chi connectivity index (χ3v) is 8.70. The summed E-state index contributed by atoms with van der Waals surface area (Å²) in [5, 5.41) is 15.3. The van der Waals surface area contributed by atoms with Crippen molar-refractivity contribution >= 4 is 27.9 Å². The highest BCUT2D eigenvalue weighted by Crippen LogP contribution is 2.32. The molecule has 49 heavy (non-hydrogen) atoms. The second kappa shape index (κ2) is 13.2. The van der Waals surface area contributed by atoms with Gasteiger partial charge in [-0.3, -0.25) is 5.41 Å². The molecule has 0 fully saturated rings. The van der Waals surface area contributed by atoms with E-state index < -0.39 is 0 Å². The third-order valence-electron chi connectivity index (χ3n) is 8.70. The van der Waals surface area contributed by atoms with Crippen LogP contribution in [0.4, 0.5) is 11.4 Å². The van der Waals surface area contributed by atoms with Gasteiger partial charge < -0.3 is 5.32 Å². The molecule has 0 amide bonds. The lowest BCUT2D eigenvalue weighted by molar-refractivity contribution is 1.18. The molecule has 0 aliphatic carbocycles. The molecule has 0 atom stereocenters. The van der Waals surface area contributed by atoms with E-state index in [1.165, 1.54) is 5.56 Å². The number of fused-ring (bicyclic) bond motifs is 1. The van der Waals surface area contributed by atoms with E-state index in [1.807, 2.05) is 97.1 Å². The van der Waals surface area contributed by atoms with Crippen LogP contribution in [0.3, 0.4) is 0 Å². The van der Waals surface area contributed by atoms with Crippen molar-refractivity contribution in [1.82, 2.24) is 9.97 Å². The predicted octanol–water partition coefficient (Wildman–Crippen LogP) is 11.5. The average Bonchev–Trinajstić information content (AvgIpc) is 3.18. The highest BCUT2D eigenvalue weighted by atomic mass is 14.9. The van der Waals surface area contributed by atoms with Gasteiger partial charge in [-0.25, -0.2) is 9.97 Å². The maximum absolute atomic E-state index is 9.48. The molecule has 8 aromatic rings. The lowest BCUT2D eigenvalue weighted by Crippen LogP contribution is -2.06. The standard InChI is InChI=1S/C45H32N4/c46-44(40-28-35-17-10-11-18-36(35)29-43(40)47-39-21-8-3-9-22-39)38-20-12-19-37(27-38)42-30-41(48-45(49-42)34-15-6-2-7-16-34)33-25-23-32(24-26-33)31-13-4-1-5-14-31/h1-30,46-47H. The molecule has 8 rings (SSSR count). The minimum atomic E-state index is 0.431.